The van der Waals surface area contributed by atoms with E-state index in [1.165, 1.54) is 0 Å². The van der Waals surface area contributed by atoms with Crippen LogP contribution in [0.4, 0.5) is 5.69 Å². The zero-order chi connectivity index (χ0) is 27.5. The van der Waals surface area contributed by atoms with Crippen molar-refractivity contribution < 1.29 is 28.7 Å². The third kappa shape index (κ3) is 3.67. The average Bonchev–Trinajstić information content (AvgIpc) is 3.65. The van der Waals surface area contributed by atoms with Crippen LogP contribution in [0.3, 0.4) is 0 Å². The number of ketones is 2. The van der Waals surface area contributed by atoms with E-state index in [4.69, 9.17) is 21.1 Å². The third-order valence-electron chi connectivity index (χ3n) is 7.86. The van der Waals surface area contributed by atoms with Gasteiger partial charge in [-0.05, 0) is 42.5 Å². The fourth-order valence-electron chi connectivity index (χ4n) is 6.02. The summed E-state index contributed by atoms with van der Waals surface area (Å²) in [7, 11) is 0. The molecular formula is C31H21ClN2O6. The zero-order valence-corrected chi connectivity index (χ0v) is 21.7. The smallest absolute Gasteiger partial charge is 0.240 e. The Balaban J connectivity index is 1.30. The first-order valence-electron chi connectivity index (χ1n) is 12.8. The number of carbonyl (C=O) groups is 4. The number of amides is 2. The Labute approximate surface area is 234 Å². The van der Waals surface area contributed by atoms with Gasteiger partial charge in [-0.1, -0.05) is 48.0 Å². The first-order chi connectivity index (χ1) is 19.4. The van der Waals surface area contributed by atoms with Gasteiger partial charge < -0.3 is 14.4 Å². The van der Waals surface area contributed by atoms with Crippen LogP contribution in [0.25, 0.3) is 0 Å². The summed E-state index contributed by atoms with van der Waals surface area (Å²) in [6, 6.07) is 18.5. The highest BCUT2D eigenvalue weighted by Gasteiger charge is 2.63. The lowest BCUT2D eigenvalue weighted by atomic mass is 9.85. The lowest BCUT2D eigenvalue weighted by molar-refractivity contribution is -0.123. The molecule has 2 saturated heterocycles. The van der Waals surface area contributed by atoms with Gasteiger partial charge in [-0.3, -0.25) is 19.2 Å². The van der Waals surface area contributed by atoms with Crippen LogP contribution in [0.5, 0.6) is 11.5 Å². The molecule has 0 radical (unpaired) electrons. The zero-order valence-electron chi connectivity index (χ0n) is 20.9. The highest BCUT2D eigenvalue weighted by Crippen LogP contribution is 2.48. The largest absolute Gasteiger partial charge is 0.454 e. The highest BCUT2D eigenvalue weighted by atomic mass is 35.5. The molecule has 4 aliphatic heterocycles. The molecule has 4 aliphatic rings. The van der Waals surface area contributed by atoms with Gasteiger partial charge >= 0.3 is 0 Å². The number of hydrogen-bond acceptors (Lipinski definition) is 7. The number of fused-ring (bicyclic) bond motifs is 4. The van der Waals surface area contributed by atoms with Crippen LogP contribution in [-0.4, -0.2) is 47.2 Å². The predicted molar refractivity (Wildman–Crippen MR) is 145 cm³/mol. The Morgan fingerprint density at radius 2 is 1.55 bits per heavy atom. The van der Waals surface area contributed by atoms with Gasteiger partial charge in [0.15, 0.2) is 23.1 Å². The minimum atomic E-state index is -0.960. The first kappa shape index (κ1) is 24.4. The van der Waals surface area contributed by atoms with Crippen molar-refractivity contribution in [3.63, 3.8) is 0 Å². The summed E-state index contributed by atoms with van der Waals surface area (Å²) in [5.41, 5.74) is 1.62. The Morgan fingerprint density at radius 3 is 2.33 bits per heavy atom. The number of Topliss-reactive ketones (excluding diaryl/α,β-unsaturated/α-hetero) is 2. The van der Waals surface area contributed by atoms with Crippen molar-refractivity contribution in [1.82, 2.24) is 4.90 Å². The Bertz CT molecular complexity index is 1650. The van der Waals surface area contributed by atoms with Crippen LogP contribution in [0.1, 0.15) is 20.7 Å². The molecule has 9 heteroatoms. The summed E-state index contributed by atoms with van der Waals surface area (Å²) >= 11 is 6.04. The maximum Gasteiger partial charge on any atom is 0.240 e. The number of carbonyl (C=O) groups excluding carboxylic acids is 4. The van der Waals surface area contributed by atoms with Gasteiger partial charge in [0, 0.05) is 34.0 Å². The molecule has 0 aliphatic carbocycles. The first-order valence-corrected chi connectivity index (χ1v) is 13.1. The van der Waals surface area contributed by atoms with Crippen LogP contribution >= 0.6 is 11.6 Å². The summed E-state index contributed by atoms with van der Waals surface area (Å²) in [6.45, 7) is 0.0516. The number of hydrogen-bond donors (Lipinski definition) is 0. The second-order valence-corrected chi connectivity index (χ2v) is 10.4. The molecule has 3 aromatic rings. The van der Waals surface area contributed by atoms with Crippen LogP contribution in [0.15, 0.2) is 96.7 Å². The maximum atomic E-state index is 14.0. The fourth-order valence-corrected chi connectivity index (χ4v) is 6.14. The highest BCUT2D eigenvalue weighted by molar-refractivity contribution is 6.30. The van der Waals surface area contributed by atoms with Crippen molar-refractivity contribution >= 4 is 40.7 Å². The number of allylic oxidation sites excluding steroid dienone is 2. The van der Waals surface area contributed by atoms with E-state index in [1.807, 2.05) is 6.07 Å². The fraction of sp³-hybridized carbons (Fsp3) is 0.161. The van der Waals surface area contributed by atoms with Gasteiger partial charge in [-0.2, -0.15) is 0 Å². The minimum absolute atomic E-state index is 0.0516. The lowest BCUT2D eigenvalue weighted by Crippen LogP contribution is -2.46. The standard InChI is InChI=1S/C31H21ClN2O6/c32-20-8-6-18(7-9-20)29(36)27-26-25(22-14-19(12-13-33(22)27)28(35)17-4-2-1-3-5-17)30(37)34(31(26)38)21-10-11-23-24(15-21)40-16-39-23/h1-15,22,25-27H,16H2. The van der Waals surface area contributed by atoms with E-state index in [9.17, 15) is 19.2 Å². The van der Waals surface area contributed by atoms with E-state index in [1.54, 1.807) is 90.0 Å². The molecule has 40 heavy (non-hydrogen) atoms. The summed E-state index contributed by atoms with van der Waals surface area (Å²) in [5, 5.41) is 0.477. The maximum absolute atomic E-state index is 14.0. The number of imide groups is 1. The second kappa shape index (κ2) is 9.20. The Morgan fingerprint density at radius 1 is 0.825 bits per heavy atom. The lowest BCUT2D eigenvalue weighted by Gasteiger charge is -2.32. The monoisotopic (exact) mass is 552 g/mol. The number of nitrogens with zero attached hydrogens (tertiary/aromatic N) is 2. The molecule has 0 bridgehead atoms. The molecule has 4 atom stereocenters. The van der Waals surface area contributed by atoms with E-state index in [2.05, 4.69) is 0 Å². The second-order valence-electron chi connectivity index (χ2n) is 9.99. The van der Waals surface area contributed by atoms with Crippen LogP contribution in [0.2, 0.25) is 5.02 Å². The van der Waals surface area contributed by atoms with Gasteiger partial charge in [0.2, 0.25) is 18.6 Å². The molecule has 3 aromatic carbocycles. The summed E-state index contributed by atoms with van der Waals surface area (Å²) < 4.78 is 10.8. The number of halogens is 1. The van der Waals surface area contributed by atoms with Crippen molar-refractivity contribution in [1.29, 1.82) is 0 Å². The van der Waals surface area contributed by atoms with E-state index in [0.29, 0.717) is 38.9 Å². The molecular weight excluding hydrogens is 532 g/mol. The van der Waals surface area contributed by atoms with Crippen molar-refractivity contribution in [2.75, 3.05) is 11.7 Å². The quantitative estimate of drug-likeness (QED) is 0.341. The molecule has 2 amide bonds. The van der Waals surface area contributed by atoms with Crippen molar-refractivity contribution in [2.24, 2.45) is 11.8 Å². The Hall–Kier alpha value is -4.69. The molecule has 0 N–H and O–H groups in total. The van der Waals surface area contributed by atoms with Crippen molar-refractivity contribution in [3.05, 3.63) is 113 Å². The molecule has 0 aromatic heterocycles. The summed E-state index contributed by atoms with van der Waals surface area (Å²) in [6.07, 6.45) is 5.00. The van der Waals surface area contributed by atoms with Crippen LogP contribution < -0.4 is 14.4 Å². The van der Waals surface area contributed by atoms with Crippen LogP contribution in [-0.2, 0) is 9.59 Å². The number of anilines is 1. The van der Waals surface area contributed by atoms with Crippen molar-refractivity contribution in [2.45, 2.75) is 12.1 Å². The average molecular weight is 553 g/mol. The van der Waals surface area contributed by atoms with Gasteiger partial charge in [-0.15, -0.1) is 0 Å². The molecule has 4 unspecified atom stereocenters. The predicted octanol–water partition coefficient (Wildman–Crippen LogP) is 4.45. The molecule has 198 valence electrons. The molecule has 0 saturated carbocycles. The molecule has 7 rings (SSSR count). The molecule has 4 heterocycles. The van der Waals surface area contributed by atoms with E-state index in [-0.39, 0.29) is 18.4 Å². The number of rotatable bonds is 5. The number of benzene rings is 3. The van der Waals surface area contributed by atoms with E-state index < -0.39 is 35.7 Å². The van der Waals surface area contributed by atoms with Gasteiger partial charge in [0.05, 0.1) is 23.6 Å². The number of ether oxygens (including phenoxy) is 2. The van der Waals surface area contributed by atoms with E-state index >= 15 is 0 Å². The Kier molecular flexibility index (Phi) is 5.61. The summed E-state index contributed by atoms with van der Waals surface area (Å²) in [4.78, 5) is 58.1. The molecule has 0 spiro atoms. The minimum Gasteiger partial charge on any atom is -0.454 e. The van der Waals surface area contributed by atoms with Gasteiger partial charge in [0.25, 0.3) is 0 Å². The van der Waals surface area contributed by atoms with E-state index in [0.717, 1.165) is 4.90 Å². The van der Waals surface area contributed by atoms with Crippen LogP contribution in [0, 0.1) is 11.8 Å². The van der Waals surface area contributed by atoms with Gasteiger partial charge in [0.1, 0.15) is 6.04 Å². The topological polar surface area (TPSA) is 93.2 Å². The third-order valence-corrected chi connectivity index (χ3v) is 8.11. The molecule has 2 fully saturated rings. The molecule has 8 nitrogen and oxygen atoms in total. The normalized spacial score (nSPS) is 24.2. The van der Waals surface area contributed by atoms with Gasteiger partial charge in [-0.25, -0.2) is 4.90 Å². The van der Waals surface area contributed by atoms with Crippen molar-refractivity contribution in [3.8, 4) is 11.5 Å². The SMILES string of the molecule is O=C(C1=CC2C3C(=O)N(c4ccc5c(c4)OCO5)C(=O)C3C(C(=O)c3ccc(Cl)cc3)N2C=C1)c1ccccc1. The summed E-state index contributed by atoms with van der Waals surface area (Å²) in [5.74, 6) is -2.30.